The number of rotatable bonds is 8. The van der Waals surface area contributed by atoms with Crippen LogP contribution in [0.25, 0.3) is 0 Å². The zero-order valence-electron chi connectivity index (χ0n) is 12.8. The lowest BCUT2D eigenvalue weighted by Gasteiger charge is -2.26. The Bertz CT molecular complexity index is 468. The number of carbonyl (C=O) groups excluding carboxylic acids is 1. The van der Waals surface area contributed by atoms with E-state index in [4.69, 9.17) is 9.84 Å². The molecular formula is C16H23NO4. The number of anilines is 1. The molecule has 0 spiro atoms. The van der Waals surface area contributed by atoms with Crippen molar-refractivity contribution in [3.63, 3.8) is 0 Å². The van der Waals surface area contributed by atoms with Gasteiger partial charge < -0.3 is 14.7 Å². The molecule has 0 fully saturated rings. The van der Waals surface area contributed by atoms with Gasteiger partial charge in [-0.25, -0.2) is 4.79 Å². The third kappa shape index (κ3) is 5.85. The summed E-state index contributed by atoms with van der Waals surface area (Å²) in [6.45, 7) is 7.50. The van der Waals surface area contributed by atoms with Crippen LogP contribution in [0.15, 0.2) is 24.3 Å². The number of nitrogens with zero attached hydrogens (tertiary/aromatic N) is 1. The minimum absolute atomic E-state index is 0.0896. The van der Waals surface area contributed by atoms with Gasteiger partial charge in [-0.1, -0.05) is 13.8 Å². The standard InChI is InChI=1S/C16H23NO4/c1-4-21-16(20)13-5-7-14(8-6-13)17(11-12(2)3)10-9-15(18)19/h5-8,12H,4,9-11H2,1-3H3,(H,18,19). The molecule has 0 saturated heterocycles. The molecule has 1 N–H and O–H groups in total. The second-order valence-corrected chi connectivity index (χ2v) is 5.25. The summed E-state index contributed by atoms with van der Waals surface area (Å²) in [5.41, 5.74) is 1.42. The highest BCUT2D eigenvalue weighted by Gasteiger charge is 2.12. The molecule has 0 atom stereocenters. The number of hydrogen-bond donors (Lipinski definition) is 1. The molecule has 1 aromatic rings. The van der Waals surface area contributed by atoms with Gasteiger partial charge in [0.05, 0.1) is 18.6 Å². The maximum atomic E-state index is 11.6. The Labute approximate surface area is 125 Å². The number of benzene rings is 1. The molecule has 0 heterocycles. The van der Waals surface area contributed by atoms with Crippen LogP contribution < -0.4 is 4.90 Å². The Morgan fingerprint density at radius 2 is 1.86 bits per heavy atom. The van der Waals surface area contributed by atoms with Crippen LogP contribution in [0.1, 0.15) is 37.6 Å². The molecule has 5 heteroatoms. The van der Waals surface area contributed by atoms with Crippen molar-refractivity contribution in [2.75, 3.05) is 24.6 Å². The highest BCUT2D eigenvalue weighted by Crippen LogP contribution is 2.18. The number of carbonyl (C=O) groups is 2. The van der Waals surface area contributed by atoms with Crippen molar-refractivity contribution in [3.05, 3.63) is 29.8 Å². The Morgan fingerprint density at radius 3 is 2.33 bits per heavy atom. The number of esters is 1. The van der Waals surface area contributed by atoms with Crippen molar-refractivity contribution in [1.29, 1.82) is 0 Å². The normalized spacial score (nSPS) is 10.5. The van der Waals surface area contributed by atoms with Gasteiger partial charge in [0.1, 0.15) is 0 Å². The van der Waals surface area contributed by atoms with E-state index in [9.17, 15) is 9.59 Å². The lowest BCUT2D eigenvalue weighted by atomic mass is 10.1. The predicted molar refractivity (Wildman–Crippen MR) is 81.7 cm³/mol. The second kappa shape index (κ2) is 8.29. The van der Waals surface area contributed by atoms with Crippen LogP contribution in [-0.2, 0) is 9.53 Å². The summed E-state index contributed by atoms with van der Waals surface area (Å²) in [4.78, 5) is 24.4. The molecule has 0 aliphatic rings. The largest absolute Gasteiger partial charge is 0.481 e. The van der Waals surface area contributed by atoms with Crippen LogP contribution >= 0.6 is 0 Å². The first-order valence-corrected chi connectivity index (χ1v) is 7.18. The van der Waals surface area contributed by atoms with Gasteiger partial charge in [-0.15, -0.1) is 0 Å². The van der Waals surface area contributed by atoms with Gasteiger partial charge in [0.25, 0.3) is 0 Å². The van der Waals surface area contributed by atoms with E-state index in [2.05, 4.69) is 13.8 Å². The minimum atomic E-state index is -0.813. The summed E-state index contributed by atoms with van der Waals surface area (Å²) in [5, 5.41) is 8.83. The number of hydrogen-bond acceptors (Lipinski definition) is 4. The monoisotopic (exact) mass is 293 g/mol. The van der Waals surface area contributed by atoms with E-state index >= 15 is 0 Å². The van der Waals surface area contributed by atoms with Crippen LogP contribution in [0.4, 0.5) is 5.69 Å². The highest BCUT2D eigenvalue weighted by molar-refractivity contribution is 5.89. The first kappa shape index (κ1) is 17.0. The molecule has 21 heavy (non-hydrogen) atoms. The third-order valence-electron chi connectivity index (χ3n) is 2.92. The molecule has 0 aliphatic heterocycles. The molecule has 1 rings (SSSR count). The van der Waals surface area contributed by atoms with Gasteiger partial charge in [-0.2, -0.15) is 0 Å². The zero-order chi connectivity index (χ0) is 15.8. The van der Waals surface area contributed by atoms with Crippen LogP contribution in [0, 0.1) is 5.92 Å². The molecule has 1 aromatic carbocycles. The molecule has 0 amide bonds. The number of ether oxygens (including phenoxy) is 1. The Kier molecular flexibility index (Phi) is 6.72. The highest BCUT2D eigenvalue weighted by atomic mass is 16.5. The summed E-state index contributed by atoms with van der Waals surface area (Å²) in [6.07, 6.45) is 0.0896. The van der Waals surface area contributed by atoms with E-state index < -0.39 is 5.97 Å². The second-order valence-electron chi connectivity index (χ2n) is 5.25. The molecule has 0 unspecified atom stereocenters. The summed E-state index contributed by atoms with van der Waals surface area (Å²) in [6, 6.07) is 7.08. The minimum Gasteiger partial charge on any atom is -0.481 e. The number of carboxylic acids is 1. The quantitative estimate of drug-likeness (QED) is 0.746. The number of carboxylic acid groups (broad SMARTS) is 1. The van der Waals surface area contributed by atoms with Gasteiger partial charge in [0.15, 0.2) is 0 Å². The molecule has 0 aromatic heterocycles. The Hall–Kier alpha value is -2.04. The molecule has 0 bridgehead atoms. The average molecular weight is 293 g/mol. The first-order valence-electron chi connectivity index (χ1n) is 7.18. The fourth-order valence-corrected chi connectivity index (χ4v) is 2.02. The van der Waals surface area contributed by atoms with Crippen LogP contribution in [0.2, 0.25) is 0 Å². The van der Waals surface area contributed by atoms with Gasteiger partial charge in [0.2, 0.25) is 0 Å². The van der Waals surface area contributed by atoms with Crippen molar-refractivity contribution in [1.82, 2.24) is 0 Å². The molecule has 0 aliphatic carbocycles. The predicted octanol–water partition coefficient (Wildman–Crippen LogP) is 2.80. The fourth-order valence-electron chi connectivity index (χ4n) is 2.02. The average Bonchev–Trinajstić information content (AvgIpc) is 2.43. The molecule has 0 radical (unpaired) electrons. The maximum Gasteiger partial charge on any atom is 0.338 e. The SMILES string of the molecule is CCOC(=O)c1ccc(N(CCC(=O)O)CC(C)C)cc1. The molecule has 0 saturated carbocycles. The van der Waals surface area contributed by atoms with Gasteiger partial charge in [0, 0.05) is 18.8 Å². The summed E-state index contributed by atoms with van der Waals surface area (Å²) >= 11 is 0. The summed E-state index contributed by atoms with van der Waals surface area (Å²) < 4.78 is 4.94. The van der Waals surface area contributed by atoms with Gasteiger partial charge in [-0.3, -0.25) is 4.79 Å². The lowest BCUT2D eigenvalue weighted by Crippen LogP contribution is -2.30. The van der Waals surface area contributed by atoms with Crippen molar-refractivity contribution < 1.29 is 19.4 Å². The Balaban J connectivity index is 2.82. The van der Waals surface area contributed by atoms with Gasteiger partial charge in [-0.05, 0) is 37.1 Å². The van der Waals surface area contributed by atoms with Crippen molar-refractivity contribution in [2.45, 2.75) is 27.2 Å². The van der Waals surface area contributed by atoms with E-state index in [1.165, 1.54) is 0 Å². The van der Waals surface area contributed by atoms with Crippen LogP contribution in [0.5, 0.6) is 0 Å². The van der Waals surface area contributed by atoms with E-state index in [0.717, 1.165) is 12.2 Å². The third-order valence-corrected chi connectivity index (χ3v) is 2.92. The topological polar surface area (TPSA) is 66.8 Å². The van der Waals surface area contributed by atoms with E-state index in [0.29, 0.717) is 24.6 Å². The smallest absolute Gasteiger partial charge is 0.338 e. The summed E-state index contributed by atoms with van der Waals surface area (Å²) in [5.74, 6) is -0.736. The molecule has 116 valence electrons. The van der Waals surface area contributed by atoms with E-state index in [1.54, 1.807) is 19.1 Å². The number of aliphatic carboxylic acids is 1. The zero-order valence-corrected chi connectivity index (χ0v) is 12.8. The van der Waals surface area contributed by atoms with Crippen molar-refractivity contribution >= 4 is 17.6 Å². The van der Waals surface area contributed by atoms with Crippen LogP contribution in [0.3, 0.4) is 0 Å². The van der Waals surface area contributed by atoms with Crippen molar-refractivity contribution in [2.24, 2.45) is 5.92 Å². The Morgan fingerprint density at radius 1 is 1.24 bits per heavy atom. The fraction of sp³-hybridized carbons (Fsp3) is 0.500. The van der Waals surface area contributed by atoms with Crippen LogP contribution in [-0.4, -0.2) is 36.7 Å². The van der Waals surface area contributed by atoms with Crippen molar-refractivity contribution in [3.8, 4) is 0 Å². The molecule has 5 nitrogen and oxygen atoms in total. The lowest BCUT2D eigenvalue weighted by molar-refractivity contribution is -0.136. The van der Waals surface area contributed by atoms with E-state index in [-0.39, 0.29) is 12.4 Å². The maximum absolute atomic E-state index is 11.6. The van der Waals surface area contributed by atoms with Gasteiger partial charge >= 0.3 is 11.9 Å². The molecular weight excluding hydrogens is 270 g/mol. The summed E-state index contributed by atoms with van der Waals surface area (Å²) in [7, 11) is 0. The first-order chi connectivity index (χ1) is 9.93. The van der Waals surface area contributed by atoms with E-state index in [1.807, 2.05) is 17.0 Å².